The molecule has 1 aliphatic heterocycles. The topological polar surface area (TPSA) is 53.7 Å². The van der Waals surface area contributed by atoms with Gasteiger partial charge in [-0.25, -0.2) is 4.79 Å². The van der Waals surface area contributed by atoms with Crippen LogP contribution in [0.1, 0.15) is 31.9 Å². The molecule has 2 rings (SSSR count). The third-order valence-corrected chi connectivity index (χ3v) is 3.09. The van der Waals surface area contributed by atoms with E-state index in [0.29, 0.717) is 11.8 Å². The fraction of sp³-hybridized carbons (Fsp3) is 0.462. The number of hydrogen-bond donors (Lipinski definition) is 1. The molecule has 0 bridgehead atoms. The summed E-state index contributed by atoms with van der Waals surface area (Å²) in [5.74, 6) is 0.455. The number of aliphatic carboxylic acids is 1. The summed E-state index contributed by atoms with van der Waals surface area (Å²) in [7, 11) is 0. The van der Waals surface area contributed by atoms with Crippen LogP contribution in [-0.4, -0.2) is 23.7 Å². The Morgan fingerprint density at radius 3 is 3.06 bits per heavy atom. The van der Waals surface area contributed by atoms with Crippen molar-refractivity contribution in [2.24, 2.45) is 0 Å². The molecule has 1 atom stereocenters. The van der Waals surface area contributed by atoms with Crippen LogP contribution in [0.15, 0.2) is 22.6 Å². The SMILES string of the molecule is CC1CCCCN1c1ccc(/C=C/C(=O)O)o1. The largest absolute Gasteiger partial charge is 0.478 e. The number of hydrogen-bond acceptors (Lipinski definition) is 3. The third kappa shape index (κ3) is 2.90. The van der Waals surface area contributed by atoms with E-state index in [4.69, 9.17) is 9.52 Å². The van der Waals surface area contributed by atoms with Gasteiger partial charge in [0.15, 0.2) is 5.88 Å². The Kier molecular flexibility index (Phi) is 3.52. The fourth-order valence-corrected chi connectivity index (χ4v) is 2.17. The van der Waals surface area contributed by atoms with Gasteiger partial charge in [0.2, 0.25) is 0 Å². The number of carboxylic acid groups (broad SMARTS) is 1. The van der Waals surface area contributed by atoms with Crippen LogP contribution in [0.4, 0.5) is 5.88 Å². The van der Waals surface area contributed by atoms with E-state index in [1.165, 1.54) is 25.3 Å². The number of nitrogens with zero attached hydrogens (tertiary/aromatic N) is 1. The maximum Gasteiger partial charge on any atom is 0.328 e. The van der Waals surface area contributed by atoms with Gasteiger partial charge in [-0.1, -0.05) is 0 Å². The van der Waals surface area contributed by atoms with Crippen molar-refractivity contribution < 1.29 is 14.3 Å². The molecule has 1 aromatic heterocycles. The molecule has 2 heterocycles. The Hall–Kier alpha value is -1.71. The van der Waals surface area contributed by atoms with Gasteiger partial charge < -0.3 is 14.4 Å². The second-order valence-electron chi connectivity index (χ2n) is 4.39. The van der Waals surface area contributed by atoms with Gasteiger partial charge in [0.05, 0.1) is 0 Å². The van der Waals surface area contributed by atoms with Gasteiger partial charge in [0, 0.05) is 24.7 Å². The first kappa shape index (κ1) is 11.8. The van der Waals surface area contributed by atoms with Crippen molar-refractivity contribution in [2.75, 3.05) is 11.4 Å². The normalized spacial score (nSPS) is 21.0. The molecular weight excluding hydrogens is 218 g/mol. The van der Waals surface area contributed by atoms with Crippen LogP contribution in [-0.2, 0) is 4.79 Å². The van der Waals surface area contributed by atoms with Gasteiger partial charge in [0.1, 0.15) is 5.76 Å². The molecule has 4 heteroatoms. The van der Waals surface area contributed by atoms with E-state index in [1.54, 1.807) is 6.07 Å². The van der Waals surface area contributed by atoms with Gasteiger partial charge in [-0.2, -0.15) is 0 Å². The summed E-state index contributed by atoms with van der Waals surface area (Å²) < 4.78 is 5.62. The van der Waals surface area contributed by atoms with E-state index in [0.717, 1.165) is 18.5 Å². The zero-order valence-electron chi connectivity index (χ0n) is 9.93. The maximum atomic E-state index is 10.4. The zero-order valence-corrected chi connectivity index (χ0v) is 9.93. The van der Waals surface area contributed by atoms with Gasteiger partial charge in [0.25, 0.3) is 0 Å². The van der Waals surface area contributed by atoms with Gasteiger partial charge in [-0.15, -0.1) is 0 Å². The van der Waals surface area contributed by atoms with E-state index in [9.17, 15) is 4.79 Å². The van der Waals surface area contributed by atoms with Crippen molar-refractivity contribution in [1.82, 2.24) is 0 Å². The number of rotatable bonds is 3. The maximum absolute atomic E-state index is 10.4. The summed E-state index contributed by atoms with van der Waals surface area (Å²) in [5, 5.41) is 8.53. The smallest absolute Gasteiger partial charge is 0.328 e. The summed E-state index contributed by atoms with van der Waals surface area (Å²) in [6.07, 6.45) is 6.19. The molecule has 0 radical (unpaired) electrons. The zero-order chi connectivity index (χ0) is 12.3. The third-order valence-electron chi connectivity index (χ3n) is 3.09. The molecule has 1 unspecified atom stereocenters. The lowest BCUT2D eigenvalue weighted by Crippen LogP contribution is -2.37. The van der Waals surface area contributed by atoms with Crippen molar-refractivity contribution in [3.05, 3.63) is 24.0 Å². The van der Waals surface area contributed by atoms with E-state index in [1.807, 2.05) is 6.07 Å². The highest BCUT2D eigenvalue weighted by Crippen LogP contribution is 2.26. The van der Waals surface area contributed by atoms with Crippen LogP contribution >= 0.6 is 0 Å². The number of furan rings is 1. The second-order valence-corrected chi connectivity index (χ2v) is 4.39. The Morgan fingerprint density at radius 2 is 2.35 bits per heavy atom. The minimum atomic E-state index is -0.964. The lowest BCUT2D eigenvalue weighted by Gasteiger charge is -2.33. The molecule has 0 spiro atoms. The Morgan fingerprint density at radius 1 is 1.53 bits per heavy atom. The predicted molar refractivity (Wildman–Crippen MR) is 66.0 cm³/mol. The molecular formula is C13H17NO3. The molecule has 0 saturated carbocycles. The van der Waals surface area contributed by atoms with Gasteiger partial charge in [-0.3, -0.25) is 0 Å². The first-order valence-corrected chi connectivity index (χ1v) is 5.94. The quantitative estimate of drug-likeness (QED) is 0.818. The number of carbonyl (C=O) groups is 1. The monoisotopic (exact) mass is 235 g/mol. The Labute approximate surface area is 101 Å². The second kappa shape index (κ2) is 5.08. The molecule has 92 valence electrons. The van der Waals surface area contributed by atoms with Crippen LogP contribution in [0.25, 0.3) is 6.08 Å². The summed E-state index contributed by atoms with van der Waals surface area (Å²) in [6.45, 7) is 3.20. The van der Waals surface area contributed by atoms with Gasteiger partial charge in [-0.05, 0) is 38.3 Å². The van der Waals surface area contributed by atoms with Gasteiger partial charge >= 0.3 is 5.97 Å². The molecule has 1 N–H and O–H groups in total. The van der Waals surface area contributed by atoms with Crippen molar-refractivity contribution in [3.8, 4) is 0 Å². The average Bonchev–Trinajstić information content (AvgIpc) is 2.75. The van der Waals surface area contributed by atoms with E-state index in [2.05, 4.69) is 11.8 Å². The van der Waals surface area contributed by atoms with Crippen molar-refractivity contribution in [3.63, 3.8) is 0 Å². The van der Waals surface area contributed by atoms with Crippen molar-refractivity contribution in [1.29, 1.82) is 0 Å². The van der Waals surface area contributed by atoms with Crippen LogP contribution in [0.3, 0.4) is 0 Å². The predicted octanol–water partition coefficient (Wildman–Crippen LogP) is 2.76. The molecule has 0 aliphatic carbocycles. The van der Waals surface area contributed by atoms with Crippen LogP contribution < -0.4 is 4.90 Å². The van der Waals surface area contributed by atoms with Crippen molar-refractivity contribution >= 4 is 17.9 Å². The summed E-state index contributed by atoms with van der Waals surface area (Å²) in [6, 6.07) is 4.20. The highest BCUT2D eigenvalue weighted by atomic mass is 16.4. The number of anilines is 1. The average molecular weight is 235 g/mol. The molecule has 0 aromatic carbocycles. The molecule has 1 saturated heterocycles. The number of piperidine rings is 1. The van der Waals surface area contributed by atoms with Crippen LogP contribution in [0.5, 0.6) is 0 Å². The minimum Gasteiger partial charge on any atom is -0.478 e. The van der Waals surface area contributed by atoms with Crippen LogP contribution in [0.2, 0.25) is 0 Å². The summed E-state index contributed by atoms with van der Waals surface area (Å²) >= 11 is 0. The first-order valence-electron chi connectivity index (χ1n) is 5.94. The lowest BCUT2D eigenvalue weighted by atomic mass is 10.0. The molecule has 4 nitrogen and oxygen atoms in total. The fourth-order valence-electron chi connectivity index (χ4n) is 2.17. The Balaban J connectivity index is 2.09. The summed E-state index contributed by atoms with van der Waals surface area (Å²) in [4.78, 5) is 12.6. The summed E-state index contributed by atoms with van der Waals surface area (Å²) in [5.41, 5.74) is 0. The van der Waals surface area contributed by atoms with E-state index in [-0.39, 0.29) is 0 Å². The van der Waals surface area contributed by atoms with E-state index < -0.39 is 5.97 Å². The van der Waals surface area contributed by atoms with E-state index >= 15 is 0 Å². The molecule has 0 amide bonds. The minimum absolute atomic E-state index is 0.492. The standard InChI is InChI=1S/C13H17NO3/c1-10-4-2-3-9-14(10)12-7-5-11(17-12)6-8-13(15)16/h5-8,10H,2-4,9H2,1H3,(H,15,16)/b8-6+. The first-order chi connectivity index (χ1) is 8.16. The van der Waals surface area contributed by atoms with Crippen molar-refractivity contribution in [2.45, 2.75) is 32.2 Å². The molecule has 1 aromatic rings. The lowest BCUT2D eigenvalue weighted by molar-refractivity contribution is -0.131. The highest BCUT2D eigenvalue weighted by molar-refractivity contribution is 5.84. The molecule has 1 aliphatic rings. The molecule has 17 heavy (non-hydrogen) atoms. The van der Waals surface area contributed by atoms with Crippen LogP contribution in [0, 0.1) is 0 Å². The Bertz CT molecular complexity index is 422. The number of carboxylic acids is 1. The molecule has 1 fully saturated rings. The highest BCUT2D eigenvalue weighted by Gasteiger charge is 2.20.